The lowest BCUT2D eigenvalue weighted by Crippen LogP contribution is -2.26. The third-order valence-electron chi connectivity index (χ3n) is 3.75. The van der Waals surface area contributed by atoms with Gasteiger partial charge in [0.15, 0.2) is 0 Å². The van der Waals surface area contributed by atoms with E-state index in [1.807, 2.05) is 18.4 Å². The highest BCUT2D eigenvalue weighted by Crippen LogP contribution is 2.29. The number of sulfonamides is 1. The van der Waals surface area contributed by atoms with Crippen LogP contribution in [-0.4, -0.2) is 39.0 Å². The highest BCUT2D eigenvalue weighted by Gasteiger charge is 2.22. The van der Waals surface area contributed by atoms with Crippen LogP contribution < -0.4 is 10.1 Å². The van der Waals surface area contributed by atoms with Gasteiger partial charge in [-0.15, -0.1) is 11.8 Å². The summed E-state index contributed by atoms with van der Waals surface area (Å²) in [6, 6.07) is 12.0. The van der Waals surface area contributed by atoms with Gasteiger partial charge in [0.2, 0.25) is 15.9 Å². The van der Waals surface area contributed by atoms with E-state index in [4.69, 9.17) is 4.74 Å². The van der Waals surface area contributed by atoms with Crippen LogP contribution in [0.1, 0.15) is 12.5 Å². The van der Waals surface area contributed by atoms with Crippen molar-refractivity contribution in [3.8, 4) is 5.75 Å². The summed E-state index contributed by atoms with van der Waals surface area (Å²) in [6.45, 7) is 1.62. The van der Waals surface area contributed by atoms with E-state index < -0.39 is 10.0 Å². The second-order valence-corrected chi connectivity index (χ2v) is 8.55. The fourth-order valence-electron chi connectivity index (χ4n) is 2.39. The molecule has 0 spiro atoms. The Bertz CT molecular complexity index is 881. The smallest absolute Gasteiger partial charge is 0.243 e. The van der Waals surface area contributed by atoms with Crippen molar-refractivity contribution in [3.05, 3.63) is 48.0 Å². The van der Waals surface area contributed by atoms with E-state index >= 15 is 0 Å². The van der Waals surface area contributed by atoms with Gasteiger partial charge in [0.1, 0.15) is 5.75 Å². The Labute approximate surface area is 158 Å². The summed E-state index contributed by atoms with van der Waals surface area (Å²) in [5.41, 5.74) is 1.34. The van der Waals surface area contributed by atoms with E-state index in [0.717, 1.165) is 10.5 Å². The van der Waals surface area contributed by atoms with Gasteiger partial charge in [-0.05, 0) is 42.2 Å². The maximum absolute atomic E-state index is 12.9. The van der Waals surface area contributed by atoms with Crippen molar-refractivity contribution in [1.82, 2.24) is 4.31 Å². The van der Waals surface area contributed by atoms with Crippen molar-refractivity contribution in [3.63, 3.8) is 0 Å². The van der Waals surface area contributed by atoms with Gasteiger partial charge in [-0.2, -0.15) is 4.31 Å². The molecule has 0 fully saturated rings. The fraction of sp³-hybridized carbons (Fsp3) is 0.278. The van der Waals surface area contributed by atoms with E-state index in [1.165, 1.54) is 36.1 Å². The molecule has 26 heavy (non-hydrogen) atoms. The van der Waals surface area contributed by atoms with E-state index in [-0.39, 0.29) is 17.3 Å². The lowest BCUT2D eigenvalue weighted by Gasteiger charge is -2.19. The standard InChI is InChI=1S/C18H22N2O4S2/c1-13(21)19-17-11-16(9-10-18(17)25-4)26(22,23)20(2)12-14-5-7-15(24-3)8-6-14/h5-11H,12H2,1-4H3,(H,19,21). The Hall–Kier alpha value is -2.03. The molecule has 2 aromatic carbocycles. The van der Waals surface area contributed by atoms with Gasteiger partial charge in [-0.25, -0.2) is 8.42 Å². The van der Waals surface area contributed by atoms with E-state index in [2.05, 4.69) is 5.32 Å². The van der Waals surface area contributed by atoms with Crippen LogP contribution in [0.4, 0.5) is 5.69 Å². The van der Waals surface area contributed by atoms with Gasteiger partial charge in [0, 0.05) is 25.4 Å². The first-order chi connectivity index (χ1) is 12.3. The molecular formula is C18H22N2O4S2. The maximum Gasteiger partial charge on any atom is 0.243 e. The molecular weight excluding hydrogens is 372 g/mol. The van der Waals surface area contributed by atoms with Gasteiger partial charge in [-0.3, -0.25) is 4.79 Å². The second-order valence-electron chi connectivity index (χ2n) is 5.65. The van der Waals surface area contributed by atoms with E-state index in [1.54, 1.807) is 31.4 Å². The predicted octanol–water partition coefficient (Wildman–Crippen LogP) is 3.20. The van der Waals surface area contributed by atoms with Crippen LogP contribution >= 0.6 is 11.8 Å². The first-order valence-electron chi connectivity index (χ1n) is 7.83. The summed E-state index contributed by atoms with van der Waals surface area (Å²) in [4.78, 5) is 12.3. The van der Waals surface area contributed by atoms with Crippen molar-refractivity contribution < 1.29 is 17.9 Å². The fourth-order valence-corrected chi connectivity index (χ4v) is 4.11. The minimum absolute atomic E-state index is 0.134. The van der Waals surface area contributed by atoms with Crippen LogP contribution in [0, 0.1) is 0 Å². The van der Waals surface area contributed by atoms with Crippen molar-refractivity contribution in [1.29, 1.82) is 0 Å². The molecule has 0 aromatic heterocycles. The molecule has 0 aliphatic heterocycles. The van der Waals surface area contributed by atoms with E-state index in [9.17, 15) is 13.2 Å². The summed E-state index contributed by atoms with van der Waals surface area (Å²) >= 11 is 1.44. The molecule has 1 N–H and O–H groups in total. The molecule has 2 aromatic rings. The molecule has 0 saturated heterocycles. The molecule has 0 saturated carbocycles. The largest absolute Gasteiger partial charge is 0.497 e. The Morgan fingerprint density at radius 2 is 1.85 bits per heavy atom. The minimum Gasteiger partial charge on any atom is -0.497 e. The van der Waals surface area contributed by atoms with Crippen LogP contribution in [0.5, 0.6) is 5.75 Å². The number of hydrogen-bond donors (Lipinski definition) is 1. The van der Waals surface area contributed by atoms with Gasteiger partial charge in [0.25, 0.3) is 0 Å². The zero-order valence-corrected chi connectivity index (χ0v) is 16.8. The minimum atomic E-state index is -3.69. The van der Waals surface area contributed by atoms with Crippen molar-refractivity contribution in [2.75, 3.05) is 25.7 Å². The van der Waals surface area contributed by atoms with Crippen LogP contribution in [0.15, 0.2) is 52.3 Å². The number of methoxy groups -OCH3 is 1. The van der Waals surface area contributed by atoms with E-state index in [0.29, 0.717) is 11.4 Å². The van der Waals surface area contributed by atoms with Crippen molar-refractivity contribution in [2.45, 2.75) is 23.3 Å². The zero-order chi connectivity index (χ0) is 19.3. The number of nitrogens with one attached hydrogen (secondary N) is 1. The summed E-state index contributed by atoms with van der Waals surface area (Å²) < 4.78 is 32.1. The molecule has 6 nitrogen and oxygen atoms in total. The third-order valence-corrected chi connectivity index (χ3v) is 6.35. The van der Waals surface area contributed by atoms with Gasteiger partial charge in [0.05, 0.1) is 17.7 Å². The molecule has 0 aliphatic carbocycles. The quantitative estimate of drug-likeness (QED) is 0.730. The third kappa shape index (κ3) is 4.78. The highest BCUT2D eigenvalue weighted by molar-refractivity contribution is 7.98. The molecule has 8 heteroatoms. The summed E-state index contributed by atoms with van der Waals surface area (Å²) in [7, 11) is -0.587. The molecule has 0 atom stereocenters. The number of hydrogen-bond acceptors (Lipinski definition) is 5. The SMILES string of the molecule is COc1ccc(CN(C)S(=O)(=O)c2ccc(SC)c(NC(C)=O)c2)cc1. The Morgan fingerprint density at radius 1 is 1.19 bits per heavy atom. The van der Waals surface area contributed by atoms with Crippen LogP contribution in [0.25, 0.3) is 0 Å². The molecule has 0 heterocycles. The Kier molecular flexibility index (Phi) is 6.69. The monoisotopic (exact) mass is 394 g/mol. The van der Waals surface area contributed by atoms with Crippen molar-refractivity contribution in [2.24, 2.45) is 0 Å². The first kappa shape index (κ1) is 20.3. The lowest BCUT2D eigenvalue weighted by atomic mass is 10.2. The predicted molar refractivity (Wildman–Crippen MR) is 104 cm³/mol. The Balaban J connectivity index is 2.28. The lowest BCUT2D eigenvalue weighted by molar-refractivity contribution is -0.114. The topological polar surface area (TPSA) is 75.7 Å². The highest BCUT2D eigenvalue weighted by atomic mass is 32.2. The average Bonchev–Trinajstić information content (AvgIpc) is 2.61. The number of rotatable bonds is 7. The number of nitrogens with zero attached hydrogens (tertiary/aromatic N) is 1. The van der Waals surface area contributed by atoms with Gasteiger partial charge < -0.3 is 10.1 Å². The van der Waals surface area contributed by atoms with Gasteiger partial charge in [-0.1, -0.05) is 12.1 Å². The maximum atomic E-state index is 12.9. The molecule has 0 radical (unpaired) electrons. The number of amides is 1. The van der Waals surface area contributed by atoms with Crippen molar-refractivity contribution >= 4 is 33.4 Å². The number of carbonyl (C=O) groups excluding carboxylic acids is 1. The molecule has 1 amide bonds. The van der Waals surface area contributed by atoms with Crippen LogP contribution in [0.2, 0.25) is 0 Å². The summed E-state index contributed by atoms with van der Waals surface area (Å²) in [5.74, 6) is 0.466. The molecule has 0 aliphatic rings. The molecule has 0 bridgehead atoms. The average molecular weight is 395 g/mol. The Morgan fingerprint density at radius 3 is 2.38 bits per heavy atom. The zero-order valence-electron chi connectivity index (χ0n) is 15.1. The number of thioether (sulfide) groups is 1. The molecule has 2 rings (SSSR count). The number of ether oxygens (including phenoxy) is 1. The van der Waals surface area contributed by atoms with Gasteiger partial charge >= 0.3 is 0 Å². The summed E-state index contributed by atoms with van der Waals surface area (Å²) in [6.07, 6.45) is 1.87. The molecule has 0 unspecified atom stereocenters. The number of benzene rings is 2. The number of carbonyl (C=O) groups is 1. The van der Waals surface area contributed by atoms with Crippen LogP contribution in [-0.2, 0) is 21.4 Å². The second kappa shape index (κ2) is 8.57. The normalized spacial score (nSPS) is 11.4. The summed E-state index contributed by atoms with van der Waals surface area (Å²) in [5, 5.41) is 2.68. The first-order valence-corrected chi connectivity index (χ1v) is 10.5. The number of anilines is 1. The van der Waals surface area contributed by atoms with Crippen LogP contribution in [0.3, 0.4) is 0 Å². The molecule has 140 valence electrons.